The van der Waals surface area contributed by atoms with Crippen molar-refractivity contribution in [2.45, 2.75) is 32.2 Å². The van der Waals surface area contributed by atoms with Crippen molar-refractivity contribution in [3.8, 4) is 5.75 Å². The lowest BCUT2D eigenvalue weighted by molar-refractivity contribution is 0.356. The second-order valence-electron chi connectivity index (χ2n) is 5.77. The number of hydrogen-bond donors (Lipinski definition) is 1. The van der Waals surface area contributed by atoms with E-state index >= 15 is 0 Å². The quantitative estimate of drug-likeness (QED) is 0.899. The summed E-state index contributed by atoms with van der Waals surface area (Å²) in [5, 5.41) is 3.46. The predicted molar refractivity (Wildman–Crippen MR) is 86.9 cm³/mol. The van der Waals surface area contributed by atoms with Crippen LogP contribution in [0.3, 0.4) is 0 Å². The van der Waals surface area contributed by atoms with Gasteiger partial charge >= 0.3 is 0 Å². The molecule has 0 saturated heterocycles. The molecule has 0 aliphatic carbocycles. The monoisotopic (exact) mass is 281 g/mol. The third-order valence-electron chi connectivity index (χ3n) is 4.43. The summed E-state index contributed by atoms with van der Waals surface area (Å²) in [6.45, 7) is 3.02. The highest BCUT2D eigenvalue weighted by Gasteiger charge is 2.16. The van der Waals surface area contributed by atoms with E-state index in [-0.39, 0.29) is 0 Å². The van der Waals surface area contributed by atoms with Crippen molar-refractivity contribution >= 4 is 0 Å². The van der Waals surface area contributed by atoms with E-state index in [1.54, 1.807) is 0 Å². The maximum atomic E-state index is 5.59. The van der Waals surface area contributed by atoms with E-state index in [0.29, 0.717) is 6.04 Å². The molecule has 1 N–H and O–H groups in total. The summed E-state index contributed by atoms with van der Waals surface area (Å²) in [7, 11) is 2.05. The zero-order valence-corrected chi connectivity index (χ0v) is 12.9. The van der Waals surface area contributed by atoms with Gasteiger partial charge in [-0.1, -0.05) is 36.4 Å². The van der Waals surface area contributed by atoms with E-state index in [1.165, 1.54) is 22.3 Å². The van der Waals surface area contributed by atoms with E-state index in [0.717, 1.165) is 31.6 Å². The van der Waals surface area contributed by atoms with Gasteiger partial charge in [0.05, 0.1) is 6.61 Å². The predicted octanol–water partition coefficient (Wildman–Crippen LogP) is 3.82. The Kier molecular flexibility index (Phi) is 4.26. The lowest BCUT2D eigenvalue weighted by Crippen LogP contribution is -2.17. The van der Waals surface area contributed by atoms with Crippen LogP contribution in [0.25, 0.3) is 0 Å². The first-order chi connectivity index (χ1) is 10.3. The number of nitrogens with one attached hydrogen (secondary N) is 1. The second-order valence-corrected chi connectivity index (χ2v) is 5.77. The van der Waals surface area contributed by atoms with Crippen LogP contribution in [-0.4, -0.2) is 13.7 Å². The van der Waals surface area contributed by atoms with Crippen molar-refractivity contribution < 1.29 is 4.74 Å². The van der Waals surface area contributed by atoms with E-state index < -0.39 is 0 Å². The molecule has 0 aromatic heterocycles. The van der Waals surface area contributed by atoms with Gasteiger partial charge in [-0.2, -0.15) is 0 Å². The topological polar surface area (TPSA) is 21.3 Å². The number of hydrogen-bond acceptors (Lipinski definition) is 2. The van der Waals surface area contributed by atoms with Gasteiger partial charge in [-0.15, -0.1) is 0 Å². The van der Waals surface area contributed by atoms with Gasteiger partial charge in [-0.25, -0.2) is 0 Å². The molecule has 2 nitrogen and oxygen atoms in total. The molecule has 1 heterocycles. The molecule has 2 aromatic rings. The first kappa shape index (κ1) is 14.2. The lowest BCUT2D eigenvalue weighted by atomic mass is 9.95. The number of aryl methyl sites for hydroxylation is 2. The Morgan fingerprint density at radius 1 is 1.19 bits per heavy atom. The Morgan fingerprint density at radius 3 is 2.86 bits per heavy atom. The van der Waals surface area contributed by atoms with E-state index in [2.05, 4.69) is 54.7 Å². The highest BCUT2D eigenvalue weighted by atomic mass is 16.5. The first-order valence-electron chi connectivity index (χ1n) is 7.75. The molecule has 2 aromatic carbocycles. The van der Waals surface area contributed by atoms with Crippen LogP contribution in [-0.2, 0) is 12.8 Å². The molecular weight excluding hydrogens is 258 g/mol. The van der Waals surface area contributed by atoms with Crippen LogP contribution in [0.4, 0.5) is 0 Å². The molecule has 0 radical (unpaired) electrons. The van der Waals surface area contributed by atoms with Crippen LogP contribution in [0.1, 0.15) is 34.7 Å². The van der Waals surface area contributed by atoms with Gasteiger partial charge in [0, 0.05) is 12.5 Å². The van der Waals surface area contributed by atoms with Crippen molar-refractivity contribution in [1.29, 1.82) is 0 Å². The van der Waals surface area contributed by atoms with Crippen molar-refractivity contribution in [1.82, 2.24) is 5.32 Å². The Morgan fingerprint density at radius 2 is 2.05 bits per heavy atom. The smallest absolute Gasteiger partial charge is 0.122 e. The number of fused-ring (bicyclic) bond motifs is 1. The minimum absolute atomic E-state index is 0.399. The Balaban J connectivity index is 1.72. The van der Waals surface area contributed by atoms with Gasteiger partial charge in [0.15, 0.2) is 0 Å². The maximum Gasteiger partial charge on any atom is 0.122 e. The normalized spacial score (nSPS) is 14.6. The minimum Gasteiger partial charge on any atom is -0.493 e. The first-order valence-corrected chi connectivity index (χ1v) is 7.75. The Hall–Kier alpha value is -1.80. The zero-order valence-electron chi connectivity index (χ0n) is 12.9. The van der Waals surface area contributed by atoms with Crippen LogP contribution in [0.5, 0.6) is 5.75 Å². The maximum absolute atomic E-state index is 5.59. The van der Waals surface area contributed by atoms with Crippen molar-refractivity contribution in [2.24, 2.45) is 0 Å². The summed E-state index contributed by atoms with van der Waals surface area (Å²) in [5.74, 6) is 1.06. The lowest BCUT2D eigenvalue weighted by Gasteiger charge is -2.18. The fourth-order valence-electron chi connectivity index (χ4n) is 3.09. The molecular formula is C19H23NO. The van der Waals surface area contributed by atoms with Crippen LogP contribution in [0.15, 0.2) is 42.5 Å². The van der Waals surface area contributed by atoms with Crippen molar-refractivity contribution in [2.75, 3.05) is 13.7 Å². The standard InChI is InChI=1S/C19H23NO/c1-14-5-3-4-6-15(14)7-9-18(20-2)16-8-10-19-17(13-16)11-12-21-19/h3-6,8,10,13,18,20H,7,9,11-12H2,1-2H3. The Labute approximate surface area is 127 Å². The molecule has 2 heteroatoms. The summed E-state index contributed by atoms with van der Waals surface area (Å²) >= 11 is 0. The molecule has 1 aliphatic rings. The summed E-state index contributed by atoms with van der Waals surface area (Å²) in [6.07, 6.45) is 3.25. The van der Waals surface area contributed by atoms with Crippen LogP contribution in [0, 0.1) is 6.92 Å². The molecule has 1 aliphatic heterocycles. The average molecular weight is 281 g/mol. The summed E-state index contributed by atoms with van der Waals surface area (Å²) in [4.78, 5) is 0. The van der Waals surface area contributed by atoms with Gasteiger partial charge in [0.25, 0.3) is 0 Å². The largest absolute Gasteiger partial charge is 0.493 e. The fraction of sp³-hybridized carbons (Fsp3) is 0.368. The van der Waals surface area contributed by atoms with Gasteiger partial charge in [0.1, 0.15) is 5.75 Å². The molecule has 0 spiro atoms. The van der Waals surface area contributed by atoms with E-state index in [1.807, 2.05) is 7.05 Å². The van der Waals surface area contributed by atoms with Crippen molar-refractivity contribution in [3.05, 3.63) is 64.7 Å². The molecule has 0 amide bonds. The third kappa shape index (κ3) is 3.11. The molecule has 110 valence electrons. The van der Waals surface area contributed by atoms with Gasteiger partial charge in [-0.3, -0.25) is 0 Å². The zero-order chi connectivity index (χ0) is 14.7. The van der Waals surface area contributed by atoms with Crippen LogP contribution in [0.2, 0.25) is 0 Å². The average Bonchev–Trinajstić information content (AvgIpc) is 2.97. The highest BCUT2D eigenvalue weighted by molar-refractivity contribution is 5.41. The van der Waals surface area contributed by atoms with Crippen LogP contribution >= 0.6 is 0 Å². The van der Waals surface area contributed by atoms with Gasteiger partial charge in [0.2, 0.25) is 0 Å². The molecule has 0 fully saturated rings. The van der Waals surface area contributed by atoms with E-state index in [9.17, 15) is 0 Å². The Bertz CT molecular complexity index is 621. The molecule has 0 saturated carbocycles. The fourth-order valence-corrected chi connectivity index (χ4v) is 3.09. The highest BCUT2D eigenvalue weighted by Crippen LogP contribution is 2.29. The summed E-state index contributed by atoms with van der Waals surface area (Å²) in [6, 6.07) is 15.7. The number of rotatable bonds is 5. The van der Waals surface area contributed by atoms with Gasteiger partial charge in [-0.05, 0) is 55.1 Å². The minimum atomic E-state index is 0.399. The number of benzene rings is 2. The third-order valence-corrected chi connectivity index (χ3v) is 4.43. The van der Waals surface area contributed by atoms with Crippen molar-refractivity contribution in [3.63, 3.8) is 0 Å². The molecule has 1 unspecified atom stereocenters. The molecule has 21 heavy (non-hydrogen) atoms. The van der Waals surface area contributed by atoms with Crippen LogP contribution < -0.4 is 10.1 Å². The summed E-state index contributed by atoms with van der Waals surface area (Å²) in [5.41, 5.74) is 5.55. The second kappa shape index (κ2) is 6.31. The summed E-state index contributed by atoms with van der Waals surface area (Å²) < 4.78 is 5.59. The number of ether oxygens (including phenoxy) is 1. The van der Waals surface area contributed by atoms with Gasteiger partial charge < -0.3 is 10.1 Å². The molecule has 0 bridgehead atoms. The molecule has 3 rings (SSSR count). The van der Waals surface area contributed by atoms with E-state index in [4.69, 9.17) is 4.74 Å². The molecule has 1 atom stereocenters. The SMILES string of the molecule is CNC(CCc1ccccc1C)c1ccc2c(c1)CCO2.